The molecule has 12 heteroatoms. The Hall–Kier alpha value is -4.77. The van der Waals surface area contributed by atoms with Crippen molar-refractivity contribution in [3.8, 4) is 17.1 Å². The van der Waals surface area contributed by atoms with Crippen molar-refractivity contribution in [1.29, 1.82) is 0 Å². The lowest BCUT2D eigenvalue weighted by molar-refractivity contribution is 0.0954. The van der Waals surface area contributed by atoms with Crippen LogP contribution in [0.25, 0.3) is 11.4 Å². The molecule has 0 unspecified atom stereocenters. The van der Waals surface area contributed by atoms with Gasteiger partial charge in [-0.05, 0) is 42.8 Å². The monoisotopic (exact) mass is 549 g/mol. The number of ether oxygens (including phenoxy) is 1. The topological polar surface area (TPSA) is 130 Å². The zero-order valence-electron chi connectivity index (χ0n) is 20.9. The van der Waals surface area contributed by atoms with Crippen molar-refractivity contribution in [3.63, 3.8) is 0 Å². The molecule has 0 radical (unpaired) electrons. The molecule has 0 bridgehead atoms. The lowest BCUT2D eigenvalue weighted by Crippen LogP contribution is -2.32. The minimum absolute atomic E-state index is 0.0853. The summed E-state index contributed by atoms with van der Waals surface area (Å²) < 4.78 is 19.8. The Kier molecular flexibility index (Phi) is 9.20. The van der Waals surface area contributed by atoms with Crippen LogP contribution in [0.4, 0.5) is 26.4 Å². The van der Waals surface area contributed by atoms with E-state index >= 15 is 0 Å². The van der Waals surface area contributed by atoms with E-state index in [0.717, 1.165) is 0 Å². The van der Waals surface area contributed by atoms with E-state index < -0.39 is 5.82 Å². The van der Waals surface area contributed by atoms with Crippen molar-refractivity contribution in [1.82, 2.24) is 25.6 Å². The molecule has 10 nitrogen and oxygen atoms in total. The van der Waals surface area contributed by atoms with Crippen molar-refractivity contribution >= 4 is 40.7 Å². The van der Waals surface area contributed by atoms with E-state index in [1.165, 1.54) is 43.9 Å². The van der Waals surface area contributed by atoms with Gasteiger partial charge in [-0.25, -0.2) is 19.2 Å². The predicted molar refractivity (Wildman–Crippen MR) is 147 cm³/mol. The zero-order valence-corrected chi connectivity index (χ0v) is 21.6. The number of anilines is 3. The highest BCUT2D eigenvalue weighted by Gasteiger charge is 2.17. The van der Waals surface area contributed by atoms with Crippen molar-refractivity contribution in [2.24, 2.45) is 0 Å². The molecule has 0 fully saturated rings. The summed E-state index contributed by atoms with van der Waals surface area (Å²) in [5, 5.41) is 11.7. The van der Waals surface area contributed by atoms with Crippen LogP contribution in [0, 0.1) is 5.82 Å². The molecule has 0 aliphatic carbocycles. The number of hydrogen-bond donors (Lipinski definition) is 4. The first-order chi connectivity index (χ1) is 18.9. The smallest absolute Gasteiger partial charge is 0.319 e. The lowest BCUT2D eigenvalue weighted by atomic mass is 10.2. The highest BCUT2D eigenvalue weighted by atomic mass is 35.5. The predicted octanol–water partition coefficient (Wildman–Crippen LogP) is 5.02. The van der Waals surface area contributed by atoms with Crippen LogP contribution in [0.1, 0.15) is 16.8 Å². The number of hydrogen-bond acceptors (Lipinski definition) is 7. The Morgan fingerprint density at radius 1 is 1.03 bits per heavy atom. The van der Waals surface area contributed by atoms with Crippen LogP contribution in [0.3, 0.4) is 0 Å². The standard InChI is InChI=1S/C27H25ClFN7O3/c1-39-23-16-33-24(19-14-17(28)8-9-21(19)29)36-25(23)35-22-10-13-30-15-20(22)26(37)31-11-5-12-32-27(38)34-18-6-3-2-4-7-18/h2-4,6-10,13-16H,5,11-12H2,1H3,(H,31,37)(H2,32,34,38)(H,30,33,35,36). The third-order valence-electron chi connectivity index (χ3n) is 5.42. The van der Waals surface area contributed by atoms with Gasteiger partial charge in [-0.3, -0.25) is 9.78 Å². The summed E-state index contributed by atoms with van der Waals surface area (Å²) in [5.74, 6) is -0.331. The van der Waals surface area contributed by atoms with E-state index in [4.69, 9.17) is 16.3 Å². The Morgan fingerprint density at radius 2 is 1.82 bits per heavy atom. The van der Waals surface area contributed by atoms with Gasteiger partial charge in [0, 0.05) is 36.2 Å². The largest absolute Gasteiger partial charge is 0.491 e. The quantitative estimate of drug-likeness (QED) is 0.204. The molecule has 39 heavy (non-hydrogen) atoms. The minimum atomic E-state index is -0.536. The third-order valence-corrected chi connectivity index (χ3v) is 5.65. The summed E-state index contributed by atoms with van der Waals surface area (Å²) in [5.41, 5.74) is 1.46. The summed E-state index contributed by atoms with van der Waals surface area (Å²) in [7, 11) is 1.44. The SMILES string of the molecule is COc1cnc(-c2cc(Cl)ccc2F)nc1Nc1ccncc1C(=O)NCCCNC(=O)Nc1ccccc1. The van der Waals surface area contributed by atoms with Gasteiger partial charge >= 0.3 is 6.03 Å². The molecule has 200 valence electrons. The Labute approximate surface area is 229 Å². The molecule has 0 aliphatic heterocycles. The molecule has 0 saturated carbocycles. The highest BCUT2D eigenvalue weighted by molar-refractivity contribution is 6.30. The van der Waals surface area contributed by atoms with Gasteiger partial charge in [-0.15, -0.1) is 0 Å². The van der Waals surface area contributed by atoms with Gasteiger partial charge in [0.1, 0.15) is 5.82 Å². The molecule has 2 heterocycles. The third kappa shape index (κ3) is 7.39. The number of urea groups is 1. The number of rotatable bonds is 10. The molecule has 0 saturated heterocycles. The van der Waals surface area contributed by atoms with Gasteiger partial charge in [0.2, 0.25) is 0 Å². The van der Waals surface area contributed by atoms with Crippen molar-refractivity contribution in [2.75, 3.05) is 30.8 Å². The molecule has 4 N–H and O–H groups in total. The number of nitrogens with one attached hydrogen (secondary N) is 4. The molecule has 3 amide bonds. The first kappa shape index (κ1) is 27.3. The van der Waals surface area contributed by atoms with Gasteiger partial charge in [-0.2, -0.15) is 0 Å². The van der Waals surface area contributed by atoms with Gasteiger partial charge in [-0.1, -0.05) is 29.8 Å². The number of methoxy groups -OCH3 is 1. The molecule has 0 atom stereocenters. The van der Waals surface area contributed by atoms with E-state index in [2.05, 4.69) is 36.2 Å². The summed E-state index contributed by atoms with van der Waals surface area (Å²) >= 11 is 6.02. The number of nitrogens with zero attached hydrogens (tertiary/aromatic N) is 3. The maximum absolute atomic E-state index is 14.4. The molecule has 4 rings (SSSR count). The van der Waals surface area contributed by atoms with Crippen LogP contribution in [-0.4, -0.2) is 47.1 Å². The summed E-state index contributed by atoms with van der Waals surface area (Å²) in [6.45, 7) is 0.672. The van der Waals surface area contributed by atoms with Gasteiger partial charge < -0.3 is 26.0 Å². The lowest BCUT2D eigenvalue weighted by Gasteiger charge is -2.14. The number of para-hydroxylation sites is 1. The number of amides is 3. The van der Waals surface area contributed by atoms with Crippen LogP contribution in [-0.2, 0) is 0 Å². The van der Waals surface area contributed by atoms with E-state index in [9.17, 15) is 14.0 Å². The van der Waals surface area contributed by atoms with Crippen LogP contribution < -0.4 is 26.0 Å². The second-order valence-electron chi connectivity index (χ2n) is 8.14. The van der Waals surface area contributed by atoms with Crippen molar-refractivity contribution < 1.29 is 18.7 Å². The van der Waals surface area contributed by atoms with Crippen LogP contribution in [0.5, 0.6) is 5.75 Å². The van der Waals surface area contributed by atoms with Gasteiger partial charge in [0.15, 0.2) is 17.4 Å². The van der Waals surface area contributed by atoms with Gasteiger partial charge in [0.05, 0.1) is 30.1 Å². The van der Waals surface area contributed by atoms with E-state index in [1.54, 1.807) is 18.2 Å². The average molecular weight is 550 g/mol. The molecule has 0 spiro atoms. The number of carbonyl (C=O) groups is 2. The molecular formula is C27H25ClFN7O3. The van der Waals surface area contributed by atoms with Crippen molar-refractivity contribution in [2.45, 2.75) is 6.42 Å². The maximum Gasteiger partial charge on any atom is 0.319 e. The number of halogens is 2. The second kappa shape index (κ2) is 13.2. The molecular weight excluding hydrogens is 525 g/mol. The number of aromatic nitrogens is 3. The Bertz CT molecular complexity index is 1460. The minimum Gasteiger partial charge on any atom is -0.491 e. The first-order valence-electron chi connectivity index (χ1n) is 11.9. The molecule has 2 aromatic heterocycles. The summed E-state index contributed by atoms with van der Waals surface area (Å²) in [4.78, 5) is 37.5. The number of pyridine rings is 1. The van der Waals surface area contributed by atoms with Crippen molar-refractivity contribution in [3.05, 3.63) is 89.6 Å². The summed E-state index contributed by atoms with van der Waals surface area (Å²) in [6.07, 6.45) is 4.83. The van der Waals surface area contributed by atoms with Crippen LogP contribution in [0.15, 0.2) is 73.2 Å². The summed E-state index contributed by atoms with van der Waals surface area (Å²) in [6, 6.07) is 14.4. The fourth-order valence-electron chi connectivity index (χ4n) is 3.50. The number of carbonyl (C=O) groups excluding carboxylic acids is 2. The average Bonchev–Trinajstić information content (AvgIpc) is 2.95. The van der Waals surface area contributed by atoms with E-state index in [1.807, 2.05) is 18.2 Å². The molecule has 0 aliphatic rings. The molecule has 2 aromatic carbocycles. The zero-order chi connectivity index (χ0) is 27.6. The Balaban J connectivity index is 1.38. The number of benzene rings is 2. The first-order valence-corrected chi connectivity index (χ1v) is 12.3. The Morgan fingerprint density at radius 3 is 2.62 bits per heavy atom. The van der Waals surface area contributed by atoms with Gasteiger partial charge in [0.25, 0.3) is 5.91 Å². The highest BCUT2D eigenvalue weighted by Crippen LogP contribution is 2.30. The van der Waals surface area contributed by atoms with E-state index in [-0.39, 0.29) is 40.5 Å². The normalized spacial score (nSPS) is 10.4. The maximum atomic E-state index is 14.4. The van der Waals surface area contributed by atoms with Crippen LogP contribution in [0.2, 0.25) is 5.02 Å². The molecule has 4 aromatic rings. The fraction of sp³-hybridized carbons (Fsp3) is 0.148. The van der Waals surface area contributed by atoms with Crippen LogP contribution >= 0.6 is 11.6 Å². The van der Waals surface area contributed by atoms with E-state index in [0.29, 0.717) is 35.9 Å². The second-order valence-corrected chi connectivity index (χ2v) is 8.57. The fourth-order valence-corrected chi connectivity index (χ4v) is 3.68.